The lowest BCUT2D eigenvalue weighted by Gasteiger charge is -2.22. The smallest absolute Gasteiger partial charge is 0.433 e. The number of amides is 1. The number of pyridine rings is 1. The van der Waals surface area contributed by atoms with E-state index in [1.165, 1.54) is 11.8 Å². The molecule has 0 spiro atoms. The van der Waals surface area contributed by atoms with Crippen molar-refractivity contribution in [2.24, 2.45) is 11.8 Å². The number of hydrogen-bond donors (Lipinski definition) is 1. The van der Waals surface area contributed by atoms with Crippen molar-refractivity contribution in [1.29, 1.82) is 0 Å². The highest BCUT2D eigenvalue weighted by Gasteiger charge is 2.35. The SMILES string of the molecule is CC(=O)N1CC[C@@H]2CN(c3ccc(CNc4ccc(OCc5ccc(C(F)(F)F)nc5)nn4)cc3)C[C@@H]2CC1. The number of fused-ring (bicyclic) bond motifs is 1. The van der Waals surface area contributed by atoms with E-state index in [9.17, 15) is 18.0 Å². The van der Waals surface area contributed by atoms with Gasteiger partial charge in [0, 0.05) is 63.2 Å². The number of ether oxygens (including phenoxy) is 1. The van der Waals surface area contributed by atoms with Crippen LogP contribution in [0.3, 0.4) is 0 Å². The van der Waals surface area contributed by atoms with E-state index in [1.54, 1.807) is 19.1 Å². The quantitative estimate of drug-likeness (QED) is 0.462. The molecule has 1 amide bonds. The van der Waals surface area contributed by atoms with Gasteiger partial charge < -0.3 is 19.9 Å². The van der Waals surface area contributed by atoms with E-state index < -0.39 is 11.9 Å². The molecule has 2 fully saturated rings. The fourth-order valence-electron chi connectivity index (χ4n) is 5.22. The summed E-state index contributed by atoms with van der Waals surface area (Å²) in [5.41, 5.74) is 1.89. The molecule has 1 aromatic carbocycles. The van der Waals surface area contributed by atoms with E-state index >= 15 is 0 Å². The van der Waals surface area contributed by atoms with Crippen LogP contribution in [0.25, 0.3) is 0 Å². The first-order valence-corrected chi connectivity index (χ1v) is 13.1. The molecule has 2 aliphatic heterocycles. The number of nitrogens with one attached hydrogen (secondary N) is 1. The van der Waals surface area contributed by atoms with Gasteiger partial charge in [-0.2, -0.15) is 13.2 Å². The number of nitrogens with zero attached hydrogens (tertiary/aromatic N) is 5. The number of aromatic nitrogens is 3. The van der Waals surface area contributed by atoms with Crippen LogP contribution >= 0.6 is 0 Å². The van der Waals surface area contributed by atoms with Gasteiger partial charge in [0.15, 0.2) is 0 Å². The van der Waals surface area contributed by atoms with Crippen LogP contribution in [-0.4, -0.2) is 52.2 Å². The number of alkyl halides is 3. The highest BCUT2D eigenvalue weighted by molar-refractivity contribution is 5.73. The molecular formula is C28H31F3N6O2. The van der Waals surface area contributed by atoms with Crippen LogP contribution in [0.1, 0.15) is 36.6 Å². The van der Waals surface area contributed by atoms with Crippen molar-refractivity contribution >= 4 is 17.4 Å². The minimum absolute atomic E-state index is 0.0360. The van der Waals surface area contributed by atoms with Crippen molar-refractivity contribution in [2.75, 3.05) is 36.4 Å². The number of halogens is 3. The Morgan fingerprint density at radius 2 is 1.67 bits per heavy atom. The molecule has 0 aliphatic carbocycles. The molecular weight excluding hydrogens is 509 g/mol. The van der Waals surface area contributed by atoms with E-state index in [0.29, 0.717) is 29.8 Å². The summed E-state index contributed by atoms with van der Waals surface area (Å²) in [4.78, 5) is 19.6. The Kier molecular flexibility index (Phi) is 7.85. The first-order chi connectivity index (χ1) is 18.7. The summed E-state index contributed by atoms with van der Waals surface area (Å²) in [6.45, 7) is 6.07. The maximum Gasteiger partial charge on any atom is 0.433 e. The van der Waals surface area contributed by atoms with Crippen LogP contribution in [0.4, 0.5) is 24.7 Å². The van der Waals surface area contributed by atoms with Gasteiger partial charge in [-0.3, -0.25) is 9.78 Å². The van der Waals surface area contributed by atoms with Gasteiger partial charge in [0.05, 0.1) is 0 Å². The van der Waals surface area contributed by atoms with Gasteiger partial charge in [0.25, 0.3) is 0 Å². The third-order valence-corrected chi connectivity index (χ3v) is 7.48. The average Bonchev–Trinajstić information content (AvgIpc) is 3.23. The molecule has 2 aromatic heterocycles. The van der Waals surface area contributed by atoms with Crippen molar-refractivity contribution in [1.82, 2.24) is 20.1 Å². The van der Waals surface area contributed by atoms with Gasteiger partial charge in [0.2, 0.25) is 11.8 Å². The zero-order valence-electron chi connectivity index (χ0n) is 21.7. The van der Waals surface area contributed by atoms with Gasteiger partial charge in [-0.05, 0) is 54.5 Å². The lowest BCUT2D eigenvalue weighted by atomic mass is 9.92. The summed E-state index contributed by atoms with van der Waals surface area (Å²) in [5, 5.41) is 11.4. The number of hydrogen-bond acceptors (Lipinski definition) is 7. The molecule has 1 N–H and O–H groups in total. The molecule has 11 heteroatoms. The van der Waals surface area contributed by atoms with E-state index in [-0.39, 0.29) is 18.4 Å². The fourth-order valence-corrected chi connectivity index (χ4v) is 5.22. The Labute approximate surface area is 225 Å². The largest absolute Gasteiger partial charge is 0.472 e. The predicted molar refractivity (Wildman–Crippen MR) is 140 cm³/mol. The lowest BCUT2D eigenvalue weighted by Crippen LogP contribution is -2.31. The number of anilines is 2. The van der Waals surface area contributed by atoms with E-state index in [0.717, 1.165) is 56.8 Å². The van der Waals surface area contributed by atoms with Gasteiger partial charge in [-0.15, -0.1) is 10.2 Å². The van der Waals surface area contributed by atoms with Crippen molar-refractivity contribution in [3.05, 3.63) is 71.5 Å². The third kappa shape index (κ3) is 6.76. The van der Waals surface area contributed by atoms with Gasteiger partial charge in [0.1, 0.15) is 18.1 Å². The minimum Gasteiger partial charge on any atom is -0.472 e. The lowest BCUT2D eigenvalue weighted by molar-refractivity contribution is -0.141. The summed E-state index contributed by atoms with van der Waals surface area (Å²) in [6.07, 6.45) is -1.19. The Bertz CT molecular complexity index is 1240. The number of rotatable bonds is 7. The second-order valence-electron chi connectivity index (χ2n) is 10.1. The molecule has 39 heavy (non-hydrogen) atoms. The van der Waals surface area contributed by atoms with Gasteiger partial charge in [-0.1, -0.05) is 18.2 Å². The van der Waals surface area contributed by atoms with Crippen molar-refractivity contribution in [2.45, 2.75) is 39.1 Å². The highest BCUT2D eigenvalue weighted by atomic mass is 19.4. The van der Waals surface area contributed by atoms with Crippen LogP contribution < -0.4 is 15.0 Å². The molecule has 5 rings (SSSR count). The highest BCUT2D eigenvalue weighted by Crippen LogP contribution is 2.34. The number of carbonyl (C=O) groups is 1. The molecule has 0 unspecified atom stereocenters. The molecule has 206 valence electrons. The number of likely N-dealkylation sites (tertiary alicyclic amines) is 1. The molecule has 0 bridgehead atoms. The Morgan fingerprint density at radius 1 is 0.974 bits per heavy atom. The maximum absolute atomic E-state index is 12.6. The molecule has 0 saturated carbocycles. The van der Waals surface area contributed by atoms with Crippen LogP contribution in [0.2, 0.25) is 0 Å². The van der Waals surface area contributed by atoms with Crippen LogP contribution in [0.5, 0.6) is 5.88 Å². The first kappa shape index (κ1) is 26.7. The van der Waals surface area contributed by atoms with E-state index in [4.69, 9.17) is 4.74 Å². The molecule has 2 aliphatic rings. The molecule has 4 heterocycles. The summed E-state index contributed by atoms with van der Waals surface area (Å²) >= 11 is 0. The maximum atomic E-state index is 12.6. The topological polar surface area (TPSA) is 83.5 Å². The van der Waals surface area contributed by atoms with Gasteiger partial charge >= 0.3 is 6.18 Å². The molecule has 0 radical (unpaired) electrons. The monoisotopic (exact) mass is 540 g/mol. The fraction of sp³-hybridized carbons (Fsp3) is 0.429. The molecule has 2 atom stereocenters. The average molecular weight is 541 g/mol. The molecule has 2 saturated heterocycles. The normalized spacial score (nSPS) is 19.4. The Hall–Kier alpha value is -3.89. The summed E-state index contributed by atoms with van der Waals surface area (Å²) in [6, 6.07) is 14.2. The Morgan fingerprint density at radius 3 is 2.23 bits per heavy atom. The number of carbonyl (C=O) groups excluding carboxylic acids is 1. The Balaban J connectivity index is 1.07. The first-order valence-electron chi connectivity index (χ1n) is 13.1. The summed E-state index contributed by atoms with van der Waals surface area (Å²) in [5.74, 6) is 2.30. The van der Waals surface area contributed by atoms with Crippen molar-refractivity contribution in [3.63, 3.8) is 0 Å². The zero-order chi connectivity index (χ0) is 27.4. The van der Waals surface area contributed by atoms with Crippen molar-refractivity contribution < 1.29 is 22.7 Å². The zero-order valence-corrected chi connectivity index (χ0v) is 21.7. The number of benzene rings is 1. The molecule has 3 aromatic rings. The standard InChI is InChI=1S/C28H31F3N6O2/c1-19(38)36-12-10-22-16-37(17-23(22)11-13-36)24-5-2-20(3-6-24)14-33-26-8-9-27(35-34-26)39-18-21-4-7-25(32-15-21)28(29,30)31/h2-9,15,22-23H,10-14,16-18H2,1H3,(H,33,34)/t22-,23+. The van der Waals surface area contributed by atoms with E-state index in [1.807, 2.05) is 4.90 Å². The summed E-state index contributed by atoms with van der Waals surface area (Å²) in [7, 11) is 0. The second-order valence-corrected chi connectivity index (χ2v) is 10.1. The summed E-state index contributed by atoms with van der Waals surface area (Å²) < 4.78 is 43.4. The van der Waals surface area contributed by atoms with Crippen molar-refractivity contribution in [3.8, 4) is 5.88 Å². The predicted octanol–water partition coefficient (Wildman–Crippen LogP) is 4.78. The van der Waals surface area contributed by atoms with Crippen LogP contribution in [0, 0.1) is 11.8 Å². The van der Waals surface area contributed by atoms with Gasteiger partial charge in [-0.25, -0.2) is 0 Å². The third-order valence-electron chi connectivity index (χ3n) is 7.48. The molecule has 8 nitrogen and oxygen atoms in total. The van der Waals surface area contributed by atoms with E-state index in [2.05, 4.69) is 49.7 Å². The van der Waals surface area contributed by atoms with Crippen LogP contribution in [-0.2, 0) is 24.1 Å². The van der Waals surface area contributed by atoms with Crippen LogP contribution in [0.15, 0.2) is 54.7 Å². The second kappa shape index (κ2) is 11.5. The minimum atomic E-state index is -4.47.